The van der Waals surface area contributed by atoms with Crippen molar-refractivity contribution >= 4 is 5.82 Å². The summed E-state index contributed by atoms with van der Waals surface area (Å²) < 4.78 is 13.5. The largest absolute Gasteiger partial charge is 0.356 e. The Kier molecular flexibility index (Phi) is 5.97. The summed E-state index contributed by atoms with van der Waals surface area (Å²) in [5.74, 6) is 1.35. The highest BCUT2D eigenvalue weighted by molar-refractivity contribution is 5.47. The Morgan fingerprint density at radius 3 is 2.86 bits per heavy atom. The van der Waals surface area contributed by atoms with Gasteiger partial charge in [0, 0.05) is 25.2 Å². The number of nitrogens with one attached hydrogen (secondary N) is 1. The number of aromatic nitrogens is 1. The van der Waals surface area contributed by atoms with Gasteiger partial charge in [0.25, 0.3) is 0 Å². The lowest BCUT2D eigenvalue weighted by molar-refractivity contribution is 0.320. The van der Waals surface area contributed by atoms with Crippen LogP contribution in [0.25, 0.3) is 0 Å². The van der Waals surface area contributed by atoms with E-state index >= 15 is 0 Å². The lowest BCUT2D eigenvalue weighted by atomic mass is 9.85. The van der Waals surface area contributed by atoms with E-state index < -0.39 is 0 Å². The molecule has 3 nitrogen and oxygen atoms in total. The van der Waals surface area contributed by atoms with Crippen molar-refractivity contribution in [2.75, 3.05) is 18.5 Å². The quantitative estimate of drug-likeness (QED) is 0.810. The maximum Gasteiger partial charge on any atom is 0.141 e. The maximum atomic E-state index is 13.5. The van der Waals surface area contributed by atoms with Crippen molar-refractivity contribution in [1.29, 1.82) is 0 Å². The molecule has 118 valence electrons. The third kappa shape index (κ3) is 4.16. The van der Waals surface area contributed by atoms with E-state index in [9.17, 15) is 4.39 Å². The van der Waals surface area contributed by atoms with E-state index in [1.807, 2.05) is 0 Å². The SMILES string of the molecule is CCCNCc1cc(F)cnc1N(C)C1CCCCC1C. The predicted octanol–water partition coefficient (Wildman–Crippen LogP) is 3.74. The zero-order valence-corrected chi connectivity index (χ0v) is 13.5. The van der Waals surface area contributed by atoms with E-state index in [-0.39, 0.29) is 5.82 Å². The Morgan fingerprint density at radius 2 is 2.14 bits per heavy atom. The Bertz CT molecular complexity index is 450. The van der Waals surface area contributed by atoms with Crippen LogP contribution in [0.4, 0.5) is 10.2 Å². The second-order valence-corrected chi connectivity index (χ2v) is 6.25. The maximum absolute atomic E-state index is 13.5. The Balaban J connectivity index is 2.16. The average molecular weight is 293 g/mol. The minimum Gasteiger partial charge on any atom is -0.356 e. The van der Waals surface area contributed by atoms with E-state index in [2.05, 4.69) is 36.1 Å². The molecule has 0 radical (unpaired) electrons. The molecule has 1 aromatic rings. The highest BCUT2D eigenvalue weighted by Gasteiger charge is 2.27. The number of rotatable bonds is 6. The van der Waals surface area contributed by atoms with Crippen LogP contribution in [0, 0.1) is 11.7 Å². The van der Waals surface area contributed by atoms with Gasteiger partial charge in [0.1, 0.15) is 11.6 Å². The standard InChI is InChI=1S/C17H28FN3/c1-4-9-19-11-14-10-15(18)12-20-17(14)21(3)16-8-6-5-7-13(16)2/h10,12-13,16,19H,4-9,11H2,1-3H3. The molecule has 1 heterocycles. The van der Waals surface area contributed by atoms with Crippen LogP contribution in [0.3, 0.4) is 0 Å². The monoisotopic (exact) mass is 293 g/mol. The fourth-order valence-electron chi connectivity index (χ4n) is 3.35. The van der Waals surface area contributed by atoms with Gasteiger partial charge in [-0.15, -0.1) is 0 Å². The van der Waals surface area contributed by atoms with Crippen LogP contribution in [0.1, 0.15) is 51.5 Å². The van der Waals surface area contributed by atoms with Gasteiger partial charge in [0.05, 0.1) is 6.20 Å². The molecule has 1 fully saturated rings. The van der Waals surface area contributed by atoms with E-state index in [0.29, 0.717) is 18.5 Å². The van der Waals surface area contributed by atoms with Crippen molar-refractivity contribution in [3.05, 3.63) is 23.6 Å². The molecule has 1 aliphatic rings. The molecule has 0 saturated heterocycles. The van der Waals surface area contributed by atoms with E-state index in [1.54, 1.807) is 6.07 Å². The molecule has 4 heteroatoms. The number of nitrogens with zero attached hydrogens (tertiary/aromatic N) is 2. The van der Waals surface area contributed by atoms with Crippen molar-refractivity contribution in [3.8, 4) is 0 Å². The molecule has 0 bridgehead atoms. The van der Waals surface area contributed by atoms with Gasteiger partial charge in [-0.2, -0.15) is 0 Å². The molecule has 2 unspecified atom stereocenters. The molecule has 1 saturated carbocycles. The van der Waals surface area contributed by atoms with Crippen LogP contribution in [0.5, 0.6) is 0 Å². The highest BCUT2D eigenvalue weighted by Crippen LogP contribution is 2.31. The van der Waals surface area contributed by atoms with Gasteiger partial charge in [0.15, 0.2) is 0 Å². The molecule has 1 aromatic heterocycles. The zero-order chi connectivity index (χ0) is 15.2. The fourth-order valence-corrected chi connectivity index (χ4v) is 3.35. The minimum atomic E-state index is -0.253. The van der Waals surface area contributed by atoms with Gasteiger partial charge in [-0.3, -0.25) is 0 Å². The molecule has 0 amide bonds. The van der Waals surface area contributed by atoms with Crippen molar-refractivity contribution in [2.45, 2.75) is 58.5 Å². The number of pyridine rings is 1. The van der Waals surface area contributed by atoms with Crippen LogP contribution >= 0.6 is 0 Å². The van der Waals surface area contributed by atoms with Crippen molar-refractivity contribution < 1.29 is 4.39 Å². The summed E-state index contributed by atoms with van der Waals surface area (Å²) in [5, 5.41) is 3.35. The van der Waals surface area contributed by atoms with Crippen molar-refractivity contribution in [2.24, 2.45) is 5.92 Å². The molecular formula is C17H28FN3. The molecule has 0 aromatic carbocycles. The Labute approximate surface area is 127 Å². The van der Waals surface area contributed by atoms with Gasteiger partial charge in [-0.25, -0.2) is 9.37 Å². The number of hydrogen-bond acceptors (Lipinski definition) is 3. The molecule has 1 aliphatic carbocycles. The molecule has 1 N–H and O–H groups in total. The first-order chi connectivity index (χ1) is 10.1. The summed E-state index contributed by atoms with van der Waals surface area (Å²) in [6, 6.07) is 2.14. The third-order valence-corrected chi connectivity index (χ3v) is 4.55. The van der Waals surface area contributed by atoms with Gasteiger partial charge >= 0.3 is 0 Å². The summed E-state index contributed by atoms with van der Waals surface area (Å²) in [6.45, 7) is 6.07. The third-order valence-electron chi connectivity index (χ3n) is 4.55. The van der Waals surface area contributed by atoms with Crippen LogP contribution in [-0.2, 0) is 6.54 Å². The van der Waals surface area contributed by atoms with Crippen LogP contribution in [0.15, 0.2) is 12.3 Å². The second kappa shape index (κ2) is 7.74. The highest BCUT2D eigenvalue weighted by atomic mass is 19.1. The first kappa shape index (κ1) is 16.2. The van der Waals surface area contributed by atoms with E-state index in [4.69, 9.17) is 0 Å². The average Bonchev–Trinajstić information content (AvgIpc) is 2.47. The van der Waals surface area contributed by atoms with Crippen LogP contribution in [0.2, 0.25) is 0 Å². The normalized spacial score (nSPS) is 22.3. The summed E-state index contributed by atoms with van der Waals surface area (Å²) in [4.78, 5) is 6.65. The first-order valence-electron chi connectivity index (χ1n) is 8.21. The van der Waals surface area contributed by atoms with Gasteiger partial charge in [-0.1, -0.05) is 26.7 Å². The summed E-state index contributed by atoms with van der Waals surface area (Å²) in [5.41, 5.74) is 0.962. The minimum absolute atomic E-state index is 0.253. The topological polar surface area (TPSA) is 28.2 Å². The number of anilines is 1. The van der Waals surface area contributed by atoms with E-state index in [0.717, 1.165) is 24.3 Å². The van der Waals surface area contributed by atoms with Crippen LogP contribution < -0.4 is 10.2 Å². The van der Waals surface area contributed by atoms with Gasteiger partial charge < -0.3 is 10.2 Å². The second-order valence-electron chi connectivity index (χ2n) is 6.25. The first-order valence-corrected chi connectivity index (χ1v) is 8.21. The summed E-state index contributed by atoms with van der Waals surface area (Å²) >= 11 is 0. The molecule has 21 heavy (non-hydrogen) atoms. The lowest BCUT2D eigenvalue weighted by Crippen LogP contribution is -2.40. The number of halogens is 1. The summed E-state index contributed by atoms with van der Waals surface area (Å²) in [6.07, 6.45) is 7.51. The molecule has 2 rings (SSSR count). The smallest absolute Gasteiger partial charge is 0.141 e. The van der Waals surface area contributed by atoms with Gasteiger partial charge in [-0.05, 0) is 37.8 Å². The van der Waals surface area contributed by atoms with Crippen molar-refractivity contribution in [3.63, 3.8) is 0 Å². The molecular weight excluding hydrogens is 265 g/mol. The summed E-state index contributed by atoms with van der Waals surface area (Å²) in [7, 11) is 2.11. The zero-order valence-electron chi connectivity index (χ0n) is 13.5. The Hall–Kier alpha value is -1.16. The van der Waals surface area contributed by atoms with E-state index in [1.165, 1.54) is 31.9 Å². The molecule has 2 atom stereocenters. The fraction of sp³-hybridized carbons (Fsp3) is 0.706. The van der Waals surface area contributed by atoms with Crippen molar-refractivity contribution in [1.82, 2.24) is 10.3 Å². The molecule has 0 aliphatic heterocycles. The predicted molar refractivity (Wildman–Crippen MR) is 86.0 cm³/mol. The lowest BCUT2D eigenvalue weighted by Gasteiger charge is -2.37. The number of hydrogen-bond donors (Lipinski definition) is 1. The Morgan fingerprint density at radius 1 is 1.38 bits per heavy atom. The molecule has 0 spiro atoms. The van der Waals surface area contributed by atoms with Crippen LogP contribution in [-0.4, -0.2) is 24.6 Å². The van der Waals surface area contributed by atoms with Gasteiger partial charge in [0.2, 0.25) is 0 Å².